The van der Waals surface area contributed by atoms with Crippen LogP contribution in [-0.2, 0) is 14.3 Å². The fourth-order valence-electron chi connectivity index (χ4n) is 3.04. The molecule has 8 heteroatoms. The number of carbonyl (C=O) groups excluding carboxylic acids is 2. The molecule has 0 atom stereocenters. The number of esters is 1. The number of nitro benzene ring substituents is 1. The minimum atomic E-state index is -0.708. The van der Waals surface area contributed by atoms with Gasteiger partial charge >= 0.3 is 5.97 Å². The van der Waals surface area contributed by atoms with Crippen LogP contribution in [0.3, 0.4) is 0 Å². The smallest absolute Gasteiger partial charge is 0.340 e. The SMILES string of the molecule is COC(=O)C1=C(C)N(c2cccc(Cl)c2)C(=O)/C1=C\c1ccccc1[N+](=O)[O-]. The maximum atomic E-state index is 13.1. The Kier molecular flexibility index (Phi) is 5.28. The number of para-hydroxylation sites is 1. The van der Waals surface area contributed by atoms with Gasteiger partial charge in [-0.3, -0.25) is 19.8 Å². The first-order valence-electron chi connectivity index (χ1n) is 8.20. The average Bonchev–Trinajstić information content (AvgIpc) is 2.91. The first kappa shape index (κ1) is 19.3. The highest BCUT2D eigenvalue weighted by Crippen LogP contribution is 2.37. The fourth-order valence-corrected chi connectivity index (χ4v) is 3.22. The molecular weight excluding hydrogens is 384 g/mol. The number of methoxy groups -OCH3 is 1. The summed E-state index contributed by atoms with van der Waals surface area (Å²) < 4.78 is 4.83. The van der Waals surface area contributed by atoms with Crippen molar-refractivity contribution < 1.29 is 19.2 Å². The van der Waals surface area contributed by atoms with E-state index >= 15 is 0 Å². The van der Waals surface area contributed by atoms with Crippen LogP contribution >= 0.6 is 11.6 Å². The topological polar surface area (TPSA) is 89.8 Å². The average molecular weight is 399 g/mol. The molecule has 3 rings (SSSR count). The summed E-state index contributed by atoms with van der Waals surface area (Å²) in [5.74, 6) is -1.21. The van der Waals surface area contributed by atoms with Crippen LogP contribution in [0.1, 0.15) is 12.5 Å². The van der Waals surface area contributed by atoms with E-state index in [0.717, 1.165) is 0 Å². The molecule has 1 aliphatic heterocycles. The molecule has 0 fully saturated rings. The van der Waals surface area contributed by atoms with Gasteiger partial charge in [-0.15, -0.1) is 0 Å². The Morgan fingerprint density at radius 3 is 2.57 bits per heavy atom. The first-order valence-corrected chi connectivity index (χ1v) is 8.57. The van der Waals surface area contributed by atoms with Crippen molar-refractivity contribution in [3.8, 4) is 0 Å². The lowest BCUT2D eigenvalue weighted by Gasteiger charge is -2.18. The van der Waals surface area contributed by atoms with E-state index in [-0.39, 0.29) is 22.4 Å². The monoisotopic (exact) mass is 398 g/mol. The number of hydrogen-bond acceptors (Lipinski definition) is 5. The molecule has 0 bridgehead atoms. The second-order valence-corrected chi connectivity index (χ2v) is 6.38. The molecule has 142 valence electrons. The van der Waals surface area contributed by atoms with E-state index in [2.05, 4.69) is 0 Å². The van der Waals surface area contributed by atoms with Crippen LogP contribution in [0.4, 0.5) is 11.4 Å². The van der Waals surface area contributed by atoms with Gasteiger partial charge in [-0.1, -0.05) is 29.8 Å². The summed E-state index contributed by atoms with van der Waals surface area (Å²) in [5, 5.41) is 11.7. The molecule has 0 aliphatic carbocycles. The molecule has 0 spiro atoms. The summed E-state index contributed by atoms with van der Waals surface area (Å²) in [5.41, 5.74) is 0.916. The van der Waals surface area contributed by atoms with Crippen LogP contribution in [0.5, 0.6) is 0 Å². The van der Waals surface area contributed by atoms with Gasteiger partial charge in [0.05, 0.1) is 34.4 Å². The summed E-state index contributed by atoms with van der Waals surface area (Å²) in [6.45, 7) is 1.60. The molecule has 0 N–H and O–H groups in total. The fraction of sp³-hybridized carbons (Fsp3) is 0.100. The Morgan fingerprint density at radius 2 is 1.93 bits per heavy atom. The van der Waals surface area contributed by atoms with Crippen molar-refractivity contribution in [2.24, 2.45) is 0 Å². The lowest BCUT2D eigenvalue weighted by atomic mass is 10.0. The maximum absolute atomic E-state index is 13.1. The Labute approximate surface area is 165 Å². The number of carbonyl (C=O) groups is 2. The van der Waals surface area contributed by atoms with Gasteiger partial charge in [0.1, 0.15) is 0 Å². The summed E-state index contributed by atoms with van der Waals surface area (Å²) in [6, 6.07) is 12.6. The van der Waals surface area contributed by atoms with Crippen LogP contribution in [0.15, 0.2) is 65.4 Å². The number of allylic oxidation sites excluding steroid dienone is 1. The van der Waals surface area contributed by atoms with Crippen LogP contribution in [0.25, 0.3) is 6.08 Å². The largest absolute Gasteiger partial charge is 0.465 e. The highest BCUT2D eigenvalue weighted by atomic mass is 35.5. The quantitative estimate of drug-likeness (QED) is 0.334. The van der Waals surface area contributed by atoms with Gasteiger partial charge in [0.25, 0.3) is 11.6 Å². The van der Waals surface area contributed by atoms with Crippen molar-refractivity contribution in [3.05, 3.63) is 86.1 Å². The van der Waals surface area contributed by atoms with Crippen LogP contribution in [0, 0.1) is 10.1 Å². The second-order valence-electron chi connectivity index (χ2n) is 5.95. The first-order chi connectivity index (χ1) is 13.3. The predicted octanol–water partition coefficient (Wildman–Crippen LogP) is 4.13. The summed E-state index contributed by atoms with van der Waals surface area (Å²) >= 11 is 6.03. The Hall–Kier alpha value is -3.45. The normalized spacial score (nSPS) is 15.3. The second kappa shape index (κ2) is 7.66. The molecule has 7 nitrogen and oxygen atoms in total. The molecule has 2 aromatic rings. The maximum Gasteiger partial charge on any atom is 0.340 e. The van der Waals surface area contributed by atoms with E-state index in [4.69, 9.17) is 16.3 Å². The summed E-state index contributed by atoms with van der Waals surface area (Å²) in [4.78, 5) is 37.6. The number of anilines is 1. The number of amides is 1. The zero-order chi connectivity index (χ0) is 20.4. The van der Waals surface area contributed by atoms with Gasteiger partial charge in [0.15, 0.2) is 0 Å². The van der Waals surface area contributed by atoms with Gasteiger partial charge < -0.3 is 4.74 Å². The van der Waals surface area contributed by atoms with Crippen LogP contribution < -0.4 is 4.90 Å². The number of rotatable bonds is 4. The molecular formula is C20H15ClN2O5. The van der Waals surface area contributed by atoms with Crippen molar-refractivity contribution in [2.45, 2.75) is 6.92 Å². The lowest BCUT2D eigenvalue weighted by molar-refractivity contribution is -0.385. The Bertz CT molecular complexity index is 1060. The molecule has 1 amide bonds. The standard InChI is InChI=1S/C20H15ClN2O5/c1-12-18(20(25)28-2)16(10-13-6-3-4-9-17(13)23(26)27)19(24)22(12)15-8-5-7-14(21)11-15/h3-11H,1-2H3/b16-10-. The predicted molar refractivity (Wildman–Crippen MR) is 105 cm³/mol. The van der Waals surface area contributed by atoms with Gasteiger partial charge in [0.2, 0.25) is 0 Å². The molecule has 1 heterocycles. The highest BCUT2D eigenvalue weighted by molar-refractivity contribution is 6.31. The van der Waals surface area contributed by atoms with Crippen molar-refractivity contribution >= 4 is 40.9 Å². The van der Waals surface area contributed by atoms with Crippen molar-refractivity contribution in [2.75, 3.05) is 12.0 Å². The molecule has 1 aliphatic rings. The Morgan fingerprint density at radius 1 is 1.21 bits per heavy atom. The number of nitro groups is 1. The van der Waals surface area contributed by atoms with Gasteiger partial charge in [-0.05, 0) is 37.3 Å². The third kappa shape index (κ3) is 3.39. The zero-order valence-electron chi connectivity index (χ0n) is 15.0. The van der Waals surface area contributed by atoms with Gasteiger partial charge in [-0.25, -0.2) is 4.79 Å². The number of nitrogens with zero attached hydrogens (tertiary/aromatic N) is 2. The van der Waals surface area contributed by atoms with Crippen LogP contribution in [-0.4, -0.2) is 23.9 Å². The minimum Gasteiger partial charge on any atom is -0.465 e. The summed E-state index contributed by atoms with van der Waals surface area (Å²) in [7, 11) is 1.21. The van der Waals surface area contributed by atoms with E-state index < -0.39 is 16.8 Å². The van der Waals surface area contributed by atoms with Crippen molar-refractivity contribution in [1.82, 2.24) is 0 Å². The van der Waals surface area contributed by atoms with Crippen LogP contribution in [0.2, 0.25) is 5.02 Å². The number of benzene rings is 2. The van der Waals surface area contributed by atoms with E-state index in [1.165, 1.54) is 36.3 Å². The van der Waals surface area contributed by atoms with Crippen molar-refractivity contribution in [1.29, 1.82) is 0 Å². The number of ether oxygens (including phenoxy) is 1. The number of halogens is 1. The van der Waals surface area contributed by atoms with E-state index in [1.54, 1.807) is 37.3 Å². The zero-order valence-corrected chi connectivity index (χ0v) is 15.8. The molecule has 0 saturated carbocycles. The number of hydrogen-bond donors (Lipinski definition) is 0. The molecule has 0 unspecified atom stereocenters. The van der Waals surface area contributed by atoms with Crippen molar-refractivity contribution in [3.63, 3.8) is 0 Å². The minimum absolute atomic E-state index is 0.0126. The molecule has 0 aromatic heterocycles. The Balaban J connectivity index is 2.20. The van der Waals surface area contributed by atoms with Gasteiger partial charge in [0, 0.05) is 16.8 Å². The van der Waals surface area contributed by atoms with Gasteiger partial charge in [-0.2, -0.15) is 0 Å². The molecule has 28 heavy (non-hydrogen) atoms. The highest BCUT2D eigenvalue weighted by Gasteiger charge is 2.38. The molecule has 0 radical (unpaired) electrons. The lowest BCUT2D eigenvalue weighted by Crippen LogP contribution is -2.24. The summed E-state index contributed by atoms with van der Waals surface area (Å²) in [6.07, 6.45) is 1.33. The van der Waals surface area contributed by atoms with E-state index in [1.807, 2.05) is 0 Å². The van der Waals surface area contributed by atoms with E-state index in [0.29, 0.717) is 16.4 Å². The molecule has 0 saturated heterocycles. The third-order valence-electron chi connectivity index (χ3n) is 4.29. The third-order valence-corrected chi connectivity index (χ3v) is 4.52. The van der Waals surface area contributed by atoms with E-state index in [9.17, 15) is 19.7 Å². The molecule has 2 aromatic carbocycles.